The SMILES string of the molecule is CCNC(C)(CC(C)Oc1cccc(C)c1F)C(=O)O. The molecule has 112 valence electrons. The van der Waals surface area contributed by atoms with E-state index in [1.54, 1.807) is 39.0 Å². The fourth-order valence-electron chi connectivity index (χ4n) is 2.17. The van der Waals surface area contributed by atoms with Crippen LogP contribution in [0.4, 0.5) is 4.39 Å². The third-order valence-electron chi connectivity index (χ3n) is 3.22. The van der Waals surface area contributed by atoms with Crippen molar-refractivity contribution in [2.24, 2.45) is 0 Å². The summed E-state index contributed by atoms with van der Waals surface area (Å²) in [7, 11) is 0. The predicted molar refractivity (Wildman–Crippen MR) is 75.6 cm³/mol. The molecule has 4 nitrogen and oxygen atoms in total. The van der Waals surface area contributed by atoms with E-state index in [0.717, 1.165) is 0 Å². The van der Waals surface area contributed by atoms with Crippen molar-refractivity contribution in [1.82, 2.24) is 5.32 Å². The molecule has 0 bridgehead atoms. The molecular weight excluding hydrogens is 261 g/mol. The van der Waals surface area contributed by atoms with Crippen molar-refractivity contribution in [3.05, 3.63) is 29.6 Å². The first kappa shape index (κ1) is 16.4. The van der Waals surface area contributed by atoms with Crippen molar-refractivity contribution in [3.8, 4) is 5.75 Å². The summed E-state index contributed by atoms with van der Waals surface area (Å²) in [6, 6.07) is 4.91. The standard InChI is InChI=1S/C15H22FNO3/c1-5-17-15(4,14(18)19)9-11(3)20-12-8-6-7-10(2)13(12)16/h6-8,11,17H,5,9H2,1-4H3,(H,18,19). The molecule has 0 fully saturated rings. The highest BCUT2D eigenvalue weighted by molar-refractivity contribution is 5.78. The molecule has 2 atom stereocenters. The minimum absolute atomic E-state index is 0.154. The molecular formula is C15H22FNO3. The van der Waals surface area contributed by atoms with E-state index >= 15 is 0 Å². The lowest BCUT2D eigenvalue weighted by atomic mass is 9.95. The van der Waals surface area contributed by atoms with Gasteiger partial charge in [0, 0.05) is 6.42 Å². The van der Waals surface area contributed by atoms with Crippen LogP contribution in [-0.4, -0.2) is 29.3 Å². The molecule has 1 aromatic carbocycles. The van der Waals surface area contributed by atoms with Crippen molar-refractivity contribution in [3.63, 3.8) is 0 Å². The third kappa shape index (κ3) is 3.93. The van der Waals surface area contributed by atoms with E-state index in [9.17, 15) is 14.3 Å². The smallest absolute Gasteiger partial charge is 0.323 e. The maximum absolute atomic E-state index is 13.8. The van der Waals surface area contributed by atoms with E-state index in [-0.39, 0.29) is 12.2 Å². The summed E-state index contributed by atoms with van der Waals surface area (Å²) in [4.78, 5) is 11.3. The van der Waals surface area contributed by atoms with E-state index in [2.05, 4.69) is 5.32 Å². The zero-order valence-corrected chi connectivity index (χ0v) is 12.4. The molecule has 0 aliphatic rings. The zero-order valence-electron chi connectivity index (χ0n) is 12.4. The second-order valence-corrected chi connectivity index (χ2v) is 5.19. The number of ether oxygens (including phenoxy) is 1. The lowest BCUT2D eigenvalue weighted by Crippen LogP contribution is -2.51. The van der Waals surface area contributed by atoms with Crippen molar-refractivity contribution in [2.75, 3.05) is 6.54 Å². The molecule has 0 heterocycles. The van der Waals surface area contributed by atoms with E-state index in [4.69, 9.17) is 4.74 Å². The van der Waals surface area contributed by atoms with Crippen LogP contribution in [0.2, 0.25) is 0 Å². The van der Waals surface area contributed by atoms with Crippen LogP contribution in [0.3, 0.4) is 0 Å². The largest absolute Gasteiger partial charge is 0.488 e. The Morgan fingerprint density at radius 2 is 2.20 bits per heavy atom. The van der Waals surface area contributed by atoms with Gasteiger partial charge in [0.15, 0.2) is 11.6 Å². The number of halogens is 1. The van der Waals surface area contributed by atoms with Crippen LogP contribution in [0, 0.1) is 12.7 Å². The van der Waals surface area contributed by atoms with Gasteiger partial charge in [-0.3, -0.25) is 4.79 Å². The number of benzene rings is 1. The molecule has 2 N–H and O–H groups in total. The average Bonchev–Trinajstić information content (AvgIpc) is 2.35. The maximum Gasteiger partial charge on any atom is 0.323 e. The van der Waals surface area contributed by atoms with Gasteiger partial charge in [0.05, 0.1) is 6.10 Å². The van der Waals surface area contributed by atoms with Crippen molar-refractivity contribution in [1.29, 1.82) is 0 Å². The average molecular weight is 283 g/mol. The second kappa shape index (κ2) is 6.70. The number of rotatable bonds is 7. The van der Waals surface area contributed by atoms with Crippen LogP contribution in [0.5, 0.6) is 5.75 Å². The first-order chi connectivity index (χ1) is 9.30. The Balaban J connectivity index is 2.78. The summed E-state index contributed by atoms with van der Waals surface area (Å²) < 4.78 is 19.4. The molecule has 0 aliphatic heterocycles. The topological polar surface area (TPSA) is 58.6 Å². The fraction of sp³-hybridized carbons (Fsp3) is 0.533. The van der Waals surface area contributed by atoms with Crippen molar-refractivity contribution >= 4 is 5.97 Å². The summed E-state index contributed by atoms with van der Waals surface area (Å²) in [5, 5.41) is 12.2. The minimum Gasteiger partial charge on any atom is -0.488 e. The molecule has 0 spiro atoms. The van der Waals surface area contributed by atoms with Crippen LogP contribution in [0.15, 0.2) is 18.2 Å². The Kier molecular flexibility index (Phi) is 5.51. The van der Waals surface area contributed by atoms with Gasteiger partial charge in [0.25, 0.3) is 0 Å². The quantitative estimate of drug-likeness (QED) is 0.808. The van der Waals surface area contributed by atoms with Gasteiger partial charge in [-0.25, -0.2) is 4.39 Å². The van der Waals surface area contributed by atoms with Crippen molar-refractivity contribution in [2.45, 2.75) is 45.8 Å². The van der Waals surface area contributed by atoms with Gasteiger partial charge in [-0.05, 0) is 38.9 Å². The monoisotopic (exact) mass is 283 g/mol. The summed E-state index contributed by atoms with van der Waals surface area (Å²) in [6.45, 7) is 7.37. The van der Waals surface area contributed by atoms with Gasteiger partial charge >= 0.3 is 5.97 Å². The Morgan fingerprint density at radius 3 is 2.75 bits per heavy atom. The first-order valence-corrected chi connectivity index (χ1v) is 6.70. The zero-order chi connectivity index (χ0) is 15.3. The molecule has 1 rings (SSSR count). The normalized spacial score (nSPS) is 15.4. The van der Waals surface area contributed by atoms with Gasteiger partial charge in [0.2, 0.25) is 0 Å². The molecule has 1 aromatic rings. The van der Waals surface area contributed by atoms with Crippen LogP contribution in [0.1, 0.15) is 32.8 Å². The van der Waals surface area contributed by atoms with Crippen LogP contribution >= 0.6 is 0 Å². The number of carbonyl (C=O) groups is 1. The third-order valence-corrected chi connectivity index (χ3v) is 3.22. The Morgan fingerprint density at radius 1 is 1.55 bits per heavy atom. The number of aliphatic carboxylic acids is 1. The van der Waals surface area contributed by atoms with Crippen LogP contribution in [0.25, 0.3) is 0 Å². The van der Waals surface area contributed by atoms with E-state index in [0.29, 0.717) is 12.1 Å². The molecule has 0 aliphatic carbocycles. The summed E-state index contributed by atoms with van der Waals surface area (Å²) in [6.07, 6.45) is -0.185. The molecule has 20 heavy (non-hydrogen) atoms. The number of likely N-dealkylation sites (N-methyl/N-ethyl adjacent to an activating group) is 1. The number of aryl methyl sites for hydroxylation is 1. The molecule has 2 unspecified atom stereocenters. The molecule has 0 radical (unpaired) electrons. The Bertz CT molecular complexity index is 478. The Hall–Kier alpha value is -1.62. The lowest BCUT2D eigenvalue weighted by molar-refractivity contribution is -0.145. The minimum atomic E-state index is -1.09. The number of carboxylic acids is 1. The highest BCUT2D eigenvalue weighted by atomic mass is 19.1. The number of nitrogens with one attached hydrogen (secondary N) is 1. The second-order valence-electron chi connectivity index (χ2n) is 5.19. The predicted octanol–water partition coefficient (Wildman–Crippen LogP) is 2.74. The Labute approximate surface area is 119 Å². The van der Waals surface area contributed by atoms with Crippen molar-refractivity contribution < 1.29 is 19.0 Å². The highest BCUT2D eigenvalue weighted by Gasteiger charge is 2.34. The first-order valence-electron chi connectivity index (χ1n) is 6.70. The number of carboxylic acid groups (broad SMARTS) is 1. The van der Waals surface area contributed by atoms with Gasteiger partial charge in [-0.15, -0.1) is 0 Å². The molecule has 0 aromatic heterocycles. The summed E-state index contributed by atoms with van der Waals surface area (Å²) >= 11 is 0. The number of hydrogen-bond acceptors (Lipinski definition) is 3. The van der Waals surface area contributed by atoms with Crippen LogP contribution < -0.4 is 10.1 Å². The molecule has 0 saturated heterocycles. The fourth-order valence-corrected chi connectivity index (χ4v) is 2.17. The van der Waals surface area contributed by atoms with Gasteiger partial charge in [-0.1, -0.05) is 19.1 Å². The molecule has 0 amide bonds. The van der Waals surface area contributed by atoms with Gasteiger partial charge < -0.3 is 15.2 Å². The van der Waals surface area contributed by atoms with E-state index < -0.39 is 23.4 Å². The van der Waals surface area contributed by atoms with Gasteiger partial charge in [-0.2, -0.15) is 0 Å². The van der Waals surface area contributed by atoms with E-state index in [1.165, 1.54) is 0 Å². The van der Waals surface area contributed by atoms with Gasteiger partial charge in [0.1, 0.15) is 5.54 Å². The maximum atomic E-state index is 13.8. The summed E-state index contributed by atoms with van der Waals surface area (Å²) in [5.41, 5.74) is -0.587. The molecule has 0 saturated carbocycles. The molecule has 5 heteroatoms. The van der Waals surface area contributed by atoms with Crippen LogP contribution in [-0.2, 0) is 4.79 Å². The highest BCUT2D eigenvalue weighted by Crippen LogP contribution is 2.23. The lowest BCUT2D eigenvalue weighted by Gasteiger charge is -2.29. The van der Waals surface area contributed by atoms with E-state index in [1.807, 2.05) is 6.92 Å². The summed E-state index contributed by atoms with van der Waals surface area (Å²) in [5.74, 6) is -1.19. The number of hydrogen-bond donors (Lipinski definition) is 2.